The molecule has 1 aromatic heterocycles. The van der Waals surface area contributed by atoms with E-state index in [4.69, 9.17) is 23.4 Å². The minimum atomic E-state index is -0.166. The van der Waals surface area contributed by atoms with Gasteiger partial charge in [0.2, 0.25) is 18.6 Å². The quantitative estimate of drug-likeness (QED) is 0.517. The van der Waals surface area contributed by atoms with Crippen molar-refractivity contribution in [3.05, 3.63) is 42.0 Å². The first-order valence-electron chi connectivity index (χ1n) is 10.6. The first-order chi connectivity index (χ1) is 16.1. The zero-order chi connectivity index (χ0) is 22.8. The minimum absolute atomic E-state index is 0.128. The van der Waals surface area contributed by atoms with E-state index >= 15 is 0 Å². The van der Waals surface area contributed by atoms with Crippen molar-refractivity contribution < 1.29 is 28.2 Å². The number of fused-ring (bicyclic) bond motifs is 2. The molecule has 3 heterocycles. The topological polar surface area (TPSA) is 105 Å². The lowest BCUT2D eigenvalue weighted by atomic mass is 9.95. The highest BCUT2D eigenvalue weighted by Crippen LogP contribution is 2.36. The molecule has 0 radical (unpaired) electrons. The van der Waals surface area contributed by atoms with Gasteiger partial charge in [-0.1, -0.05) is 31.7 Å². The molecule has 3 aromatic rings. The van der Waals surface area contributed by atoms with Gasteiger partial charge in [-0.2, -0.15) is 0 Å². The van der Waals surface area contributed by atoms with Crippen molar-refractivity contribution in [1.82, 2.24) is 15.5 Å². The van der Waals surface area contributed by atoms with Crippen molar-refractivity contribution in [2.24, 2.45) is 5.92 Å². The Morgan fingerprint density at radius 1 is 0.970 bits per heavy atom. The first-order valence-corrected chi connectivity index (χ1v) is 11.6. The molecule has 10 heteroatoms. The van der Waals surface area contributed by atoms with Crippen LogP contribution in [0.4, 0.5) is 0 Å². The molecule has 33 heavy (non-hydrogen) atoms. The van der Waals surface area contributed by atoms with Gasteiger partial charge in [-0.15, -0.1) is 10.2 Å². The number of aromatic nitrogens is 2. The molecule has 5 rings (SSSR count). The predicted molar refractivity (Wildman–Crippen MR) is 120 cm³/mol. The highest BCUT2D eigenvalue weighted by molar-refractivity contribution is 7.99. The van der Waals surface area contributed by atoms with Crippen molar-refractivity contribution >= 4 is 17.7 Å². The third kappa shape index (κ3) is 4.70. The van der Waals surface area contributed by atoms with Crippen LogP contribution in [0.2, 0.25) is 0 Å². The second kappa shape index (κ2) is 9.22. The molecule has 0 unspecified atom stereocenters. The Morgan fingerprint density at radius 3 is 2.55 bits per heavy atom. The molecule has 172 valence electrons. The van der Waals surface area contributed by atoms with Crippen molar-refractivity contribution in [3.63, 3.8) is 0 Å². The SMILES string of the molecule is CC(C)[C@@H](NC(=O)CSc1nnc(-c2ccc3c(c2)OCO3)o1)c1ccc2c(c1)OCCO2. The average molecular weight is 470 g/mol. The Bertz CT molecular complexity index is 1160. The average Bonchev–Trinajstić information content (AvgIpc) is 3.49. The normalized spacial score (nSPS) is 14.9. The molecule has 2 aliphatic rings. The van der Waals surface area contributed by atoms with Crippen LogP contribution in [0, 0.1) is 5.92 Å². The lowest BCUT2D eigenvalue weighted by Gasteiger charge is -2.25. The number of amides is 1. The fourth-order valence-electron chi connectivity index (χ4n) is 3.65. The molecule has 2 aromatic carbocycles. The number of hydrogen-bond acceptors (Lipinski definition) is 9. The Labute approximate surface area is 194 Å². The van der Waals surface area contributed by atoms with Gasteiger partial charge in [0, 0.05) is 5.56 Å². The highest BCUT2D eigenvalue weighted by atomic mass is 32.2. The first kappa shape index (κ1) is 21.4. The molecule has 1 N–H and O–H groups in total. The second-order valence-electron chi connectivity index (χ2n) is 7.92. The van der Waals surface area contributed by atoms with Crippen molar-refractivity contribution in [1.29, 1.82) is 0 Å². The van der Waals surface area contributed by atoms with Gasteiger partial charge in [0.05, 0.1) is 11.8 Å². The summed E-state index contributed by atoms with van der Waals surface area (Å²) in [6.45, 7) is 5.38. The third-order valence-electron chi connectivity index (χ3n) is 5.26. The van der Waals surface area contributed by atoms with E-state index in [2.05, 4.69) is 29.4 Å². The number of carbonyl (C=O) groups excluding carboxylic acids is 1. The fraction of sp³-hybridized carbons (Fsp3) is 0.348. The number of thioether (sulfide) groups is 1. The van der Waals surface area contributed by atoms with Crippen molar-refractivity contribution in [2.45, 2.75) is 25.1 Å². The van der Waals surface area contributed by atoms with Gasteiger partial charge < -0.3 is 28.7 Å². The summed E-state index contributed by atoms with van der Waals surface area (Å²) >= 11 is 1.19. The van der Waals surface area contributed by atoms with Crippen LogP contribution >= 0.6 is 11.8 Å². The van der Waals surface area contributed by atoms with Crippen LogP contribution < -0.4 is 24.3 Å². The van der Waals surface area contributed by atoms with Gasteiger partial charge in [0.15, 0.2) is 23.0 Å². The van der Waals surface area contributed by atoms with Gasteiger partial charge in [-0.25, -0.2) is 0 Å². The molecule has 1 amide bonds. The summed E-state index contributed by atoms with van der Waals surface area (Å²) in [6, 6.07) is 11.0. The third-order valence-corrected chi connectivity index (χ3v) is 6.08. The minimum Gasteiger partial charge on any atom is -0.486 e. The van der Waals surface area contributed by atoms with Crippen LogP contribution in [0.3, 0.4) is 0 Å². The summed E-state index contributed by atoms with van der Waals surface area (Å²) < 4.78 is 27.7. The van der Waals surface area contributed by atoms with E-state index in [0.29, 0.717) is 41.6 Å². The lowest BCUT2D eigenvalue weighted by Crippen LogP contribution is -2.33. The molecule has 1 atom stereocenters. The zero-order valence-electron chi connectivity index (χ0n) is 18.2. The Hall–Kier alpha value is -3.40. The Balaban J connectivity index is 1.21. The van der Waals surface area contributed by atoms with Gasteiger partial charge in [-0.05, 0) is 41.8 Å². The molecular weight excluding hydrogens is 446 g/mol. The van der Waals surface area contributed by atoms with Crippen molar-refractivity contribution in [3.8, 4) is 34.5 Å². The Kier molecular flexibility index (Phi) is 5.99. The van der Waals surface area contributed by atoms with Crippen LogP contribution in [0.25, 0.3) is 11.5 Å². The second-order valence-corrected chi connectivity index (χ2v) is 8.85. The largest absolute Gasteiger partial charge is 0.486 e. The number of hydrogen-bond donors (Lipinski definition) is 1. The smallest absolute Gasteiger partial charge is 0.277 e. The van der Waals surface area contributed by atoms with Gasteiger partial charge in [0.25, 0.3) is 5.22 Å². The summed E-state index contributed by atoms with van der Waals surface area (Å²) in [4.78, 5) is 12.7. The Morgan fingerprint density at radius 2 is 1.70 bits per heavy atom. The molecule has 0 aliphatic carbocycles. The van der Waals surface area contributed by atoms with Gasteiger partial charge >= 0.3 is 0 Å². The van der Waals surface area contributed by atoms with E-state index in [-0.39, 0.29) is 30.4 Å². The number of ether oxygens (including phenoxy) is 4. The van der Waals surface area contributed by atoms with E-state index in [0.717, 1.165) is 16.9 Å². The monoisotopic (exact) mass is 469 g/mol. The van der Waals surface area contributed by atoms with Crippen LogP contribution in [0.5, 0.6) is 23.0 Å². The molecule has 0 spiro atoms. The summed E-state index contributed by atoms with van der Waals surface area (Å²) in [5.74, 6) is 3.31. The molecule has 0 fully saturated rings. The van der Waals surface area contributed by atoms with E-state index in [9.17, 15) is 4.79 Å². The summed E-state index contributed by atoms with van der Waals surface area (Å²) in [6.07, 6.45) is 0. The zero-order valence-corrected chi connectivity index (χ0v) is 19.0. The van der Waals surface area contributed by atoms with Gasteiger partial charge in [0.1, 0.15) is 13.2 Å². The van der Waals surface area contributed by atoms with E-state index < -0.39 is 0 Å². The molecule has 0 saturated heterocycles. The molecule has 2 aliphatic heterocycles. The van der Waals surface area contributed by atoms with Crippen LogP contribution in [-0.4, -0.2) is 41.9 Å². The number of nitrogens with zero attached hydrogens (tertiary/aromatic N) is 2. The maximum Gasteiger partial charge on any atom is 0.277 e. The summed E-state index contributed by atoms with van der Waals surface area (Å²) in [5.41, 5.74) is 1.69. The van der Waals surface area contributed by atoms with Crippen LogP contribution in [-0.2, 0) is 4.79 Å². The van der Waals surface area contributed by atoms with E-state index in [1.807, 2.05) is 24.3 Å². The number of carbonyl (C=O) groups is 1. The fourth-order valence-corrected chi connectivity index (χ4v) is 4.22. The summed E-state index contributed by atoms with van der Waals surface area (Å²) in [5, 5.41) is 11.5. The molecular formula is C23H23N3O6S. The van der Waals surface area contributed by atoms with Crippen LogP contribution in [0.15, 0.2) is 46.0 Å². The molecule has 9 nitrogen and oxygen atoms in total. The van der Waals surface area contributed by atoms with Gasteiger partial charge in [-0.3, -0.25) is 4.79 Å². The van der Waals surface area contributed by atoms with Crippen LogP contribution in [0.1, 0.15) is 25.5 Å². The number of rotatable bonds is 7. The van der Waals surface area contributed by atoms with E-state index in [1.54, 1.807) is 12.1 Å². The lowest BCUT2D eigenvalue weighted by molar-refractivity contribution is -0.119. The standard InChI is InChI=1S/C23H23N3O6S/c1-13(2)21(14-3-5-16-18(9-14)29-8-7-28-16)24-20(27)11-33-23-26-25-22(32-23)15-4-6-17-19(10-15)31-12-30-17/h3-6,9-10,13,21H,7-8,11-12H2,1-2H3,(H,24,27)/t21-/m1/s1. The van der Waals surface area contributed by atoms with E-state index in [1.165, 1.54) is 11.8 Å². The summed E-state index contributed by atoms with van der Waals surface area (Å²) in [7, 11) is 0. The predicted octanol–water partition coefficient (Wildman–Crippen LogP) is 3.84. The molecule has 0 saturated carbocycles. The number of benzene rings is 2. The molecule has 0 bridgehead atoms. The maximum absolute atomic E-state index is 12.7. The van der Waals surface area contributed by atoms with Crippen molar-refractivity contribution in [2.75, 3.05) is 25.8 Å². The maximum atomic E-state index is 12.7. The number of nitrogens with one attached hydrogen (secondary N) is 1. The highest BCUT2D eigenvalue weighted by Gasteiger charge is 2.22.